The molecule has 2 aliphatic heterocycles. The van der Waals surface area contributed by atoms with E-state index in [-0.39, 0.29) is 12.4 Å². The first-order valence-corrected chi connectivity index (χ1v) is 9.47. The third-order valence-electron chi connectivity index (χ3n) is 5.89. The van der Waals surface area contributed by atoms with Gasteiger partial charge in [-0.05, 0) is 61.1 Å². The van der Waals surface area contributed by atoms with Crippen LogP contribution in [0.3, 0.4) is 0 Å². The van der Waals surface area contributed by atoms with Crippen LogP contribution in [0.2, 0.25) is 0 Å². The topological polar surface area (TPSA) is 32.7 Å². The Labute approximate surface area is 159 Å². The van der Waals surface area contributed by atoms with Gasteiger partial charge in [-0.1, -0.05) is 30.2 Å². The highest BCUT2D eigenvalue weighted by Crippen LogP contribution is 2.46. The van der Waals surface area contributed by atoms with Gasteiger partial charge in [-0.15, -0.1) is 6.42 Å². The van der Waals surface area contributed by atoms with Crippen LogP contribution in [0.1, 0.15) is 36.8 Å². The number of benzene rings is 2. The van der Waals surface area contributed by atoms with Crippen molar-refractivity contribution >= 4 is 0 Å². The smallest absolute Gasteiger partial charge is 0.148 e. The Morgan fingerprint density at radius 2 is 1.85 bits per heavy atom. The molecule has 0 aromatic heterocycles. The van der Waals surface area contributed by atoms with Crippen molar-refractivity contribution in [3.8, 4) is 18.1 Å². The van der Waals surface area contributed by atoms with Crippen molar-refractivity contribution in [3.63, 3.8) is 0 Å². The number of hydrogen-bond donors (Lipinski definition) is 1. The van der Waals surface area contributed by atoms with E-state index in [1.54, 1.807) is 12.1 Å². The molecule has 1 N–H and O–H groups in total. The second kappa shape index (κ2) is 7.34. The number of fused-ring (bicyclic) bond motifs is 2. The number of nitrogens with zero attached hydrogens (tertiary/aromatic N) is 1. The molecule has 0 amide bonds. The number of hydrogen-bond acceptors (Lipinski definition) is 3. The first-order chi connectivity index (χ1) is 13.1. The number of ether oxygens (including phenoxy) is 1. The maximum Gasteiger partial charge on any atom is 0.148 e. The molecule has 140 valence electrons. The number of piperidine rings is 1. The molecule has 4 rings (SSSR count). The monoisotopic (exact) mass is 365 g/mol. The molecule has 0 saturated carbocycles. The van der Waals surface area contributed by atoms with Crippen LogP contribution in [0.15, 0.2) is 48.5 Å². The van der Waals surface area contributed by atoms with E-state index in [2.05, 4.69) is 16.9 Å². The molecule has 0 radical (unpaired) electrons. The lowest BCUT2D eigenvalue weighted by molar-refractivity contribution is -0.0595. The summed E-state index contributed by atoms with van der Waals surface area (Å²) in [5.41, 5.74) is 1.15. The molecule has 2 aromatic rings. The van der Waals surface area contributed by atoms with Crippen LogP contribution in [0.5, 0.6) is 5.75 Å². The molecule has 2 atom stereocenters. The third-order valence-corrected chi connectivity index (χ3v) is 5.89. The van der Waals surface area contributed by atoms with Crippen molar-refractivity contribution in [3.05, 3.63) is 65.5 Å². The molecule has 0 aliphatic carbocycles. The van der Waals surface area contributed by atoms with E-state index < -0.39 is 5.60 Å². The summed E-state index contributed by atoms with van der Waals surface area (Å²) >= 11 is 0. The van der Waals surface area contributed by atoms with Gasteiger partial charge >= 0.3 is 0 Å². The molecule has 2 fully saturated rings. The largest absolute Gasteiger partial charge is 0.481 e. The van der Waals surface area contributed by atoms with E-state index in [1.807, 2.05) is 18.2 Å². The van der Waals surface area contributed by atoms with E-state index in [4.69, 9.17) is 11.2 Å². The van der Waals surface area contributed by atoms with Crippen molar-refractivity contribution in [2.24, 2.45) is 0 Å². The number of terminal acetylenes is 1. The van der Waals surface area contributed by atoms with Crippen molar-refractivity contribution in [1.82, 2.24) is 4.90 Å². The Hall–Kier alpha value is -2.35. The minimum absolute atomic E-state index is 0.267. The normalized spacial score (nSPS) is 27.3. The summed E-state index contributed by atoms with van der Waals surface area (Å²) in [5.74, 6) is 3.01. The van der Waals surface area contributed by atoms with Gasteiger partial charge in [0.15, 0.2) is 0 Å². The summed E-state index contributed by atoms with van der Waals surface area (Å²) in [6.45, 7) is 1.10. The fraction of sp³-hybridized carbons (Fsp3) is 0.391. The maximum atomic E-state index is 13.2. The minimum atomic E-state index is -0.867. The zero-order valence-electron chi connectivity index (χ0n) is 15.3. The van der Waals surface area contributed by atoms with Crippen molar-refractivity contribution < 1.29 is 14.2 Å². The van der Waals surface area contributed by atoms with Crippen LogP contribution in [-0.2, 0) is 12.1 Å². The summed E-state index contributed by atoms with van der Waals surface area (Å²) in [7, 11) is 0. The third kappa shape index (κ3) is 3.71. The van der Waals surface area contributed by atoms with Gasteiger partial charge in [0.25, 0.3) is 0 Å². The van der Waals surface area contributed by atoms with E-state index in [0.29, 0.717) is 24.9 Å². The van der Waals surface area contributed by atoms with Crippen LogP contribution >= 0.6 is 0 Å². The van der Waals surface area contributed by atoms with Gasteiger partial charge in [-0.2, -0.15) is 0 Å². The highest BCUT2D eigenvalue weighted by atomic mass is 19.1. The van der Waals surface area contributed by atoms with E-state index in [1.165, 1.54) is 17.7 Å². The highest BCUT2D eigenvalue weighted by molar-refractivity contribution is 5.30. The fourth-order valence-electron chi connectivity index (χ4n) is 4.64. The summed E-state index contributed by atoms with van der Waals surface area (Å²) in [6.07, 6.45) is 8.80. The molecular weight excluding hydrogens is 341 g/mol. The van der Waals surface area contributed by atoms with Gasteiger partial charge < -0.3 is 9.84 Å². The van der Waals surface area contributed by atoms with Gasteiger partial charge in [-0.3, -0.25) is 4.90 Å². The number of rotatable bonds is 5. The fourth-order valence-corrected chi connectivity index (χ4v) is 4.64. The molecule has 2 bridgehead atoms. The summed E-state index contributed by atoms with van der Waals surface area (Å²) in [5, 5.41) is 11.3. The molecule has 27 heavy (non-hydrogen) atoms. The van der Waals surface area contributed by atoms with Crippen LogP contribution in [-0.4, -0.2) is 28.7 Å². The summed E-state index contributed by atoms with van der Waals surface area (Å²) < 4.78 is 18.8. The van der Waals surface area contributed by atoms with Crippen molar-refractivity contribution in [2.75, 3.05) is 6.61 Å². The molecule has 2 heterocycles. The molecule has 0 spiro atoms. The molecular formula is C23H24FNO2. The van der Waals surface area contributed by atoms with E-state index in [9.17, 15) is 9.50 Å². The molecule has 3 nitrogen and oxygen atoms in total. The van der Waals surface area contributed by atoms with Gasteiger partial charge in [-0.25, -0.2) is 4.39 Å². The Bertz CT molecular complexity index is 828. The van der Waals surface area contributed by atoms with Crippen LogP contribution in [0, 0.1) is 18.2 Å². The van der Waals surface area contributed by atoms with Crippen molar-refractivity contribution in [1.29, 1.82) is 0 Å². The van der Waals surface area contributed by atoms with Crippen LogP contribution in [0.4, 0.5) is 4.39 Å². The average Bonchev–Trinajstić information content (AvgIpc) is 2.91. The van der Waals surface area contributed by atoms with Crippen LogP contribution < -0.4 is 4.74 Å². The van der Waals surface area contributed by atoms with Gasteiger partial charge in [0.2, 0.25) is 0 Å². The maximum absolute atomic E-state index is 13.2. The first kappa shape index (κ1) is 18.0. The Kier molecular flexibility index (Phi) is 4.90. The van der Waals surface area contributed by atoms with Gasteiger partial charge in [0.05, 0.1) is 5.60 Å². The Balaban J connectivity index is 1.48. The predicted molar refractivity (Wildman–Crippen MR) is 103 cm³/mol. The molecule has 4 heteroatoms. The van der Waals surface area contributed by atoms with E-state index in [0.717, 1.165) is 30.7 Å². The lowest BCUT2D eigenvalue weighted by atomic mass is 9.80. The van der Waals surface area contributed by atoms with E-state index >= 15 is 0 Å². The predicted octanol–water partition coefficient (Wildman–Crippen LogP) is 3.85. The Morgan fingerprint density at radius 3 is 2.52 bits per heavy atom. The summed E-state index contributed by atoms with van der Waals surface area (Å²) in [6, 6.07) is 15.0. The highest BCUT2D eigenvalue weighted by Gasteiger charge is 2.48. The second-order valence-corrected chi connectivity index (χ2v) is 7.64. The standard InChI is InChI=1S/C23H24FNO2/c1-2-12-27-22-5-3-4-17(13-22)16-25-20-10-11-21(25)15-23(26,14-20)18-6-8-19(24)9-7-18/h1,3-9,13,20-21,26H,10-12,14-16H2. The molecule has 2 saturated heterocycles. The SMILES string of the molecule is C#CCOc1cccc(CN2C3CCC2CC(O)(c2ccc(F)cc2)C3)c1. The lowest BCUT2D eigenvalue weighted by Crippen LogP contribution is -2.49. The van der Waals surface area contributed by atoms with Gasteiger partial charge in [0, 0.05) is 18.6 Å². The Morgan fingerprint density at radius 1 is 1.15 bits per heavy atom. The average molecular weight is 365 g/mol. The quantitative estimate of drug-likeness (QED) is 0.817. The number of halogens is 1. The second-order valence-electron chi connectivity index (χ2n) is 7.64. The zero-order chi connectivity index (χ0) is 18.9. The molecule has 2 aromatic carbocycles. The summed E-state index contributed by atoms with van der Waals surface area (Å²) in [4.78, 5) is 2.50. The van der Waals surface area contributed by atoms with Crippen LogP contribution in [0.25, 0.3) is 0 Å². The lowest BCUT2D eigenvalue weighted by Gasteiger charge is -2.44. The zero-order valence-corrected chi connectivity index (χ0v) is 15.3. The van der Waals surface area contributed by atoms with Crippen molar-refractivity contribution in [2.45, 2.75) is 49.9 Å². The number of aliphatic hydroxyl groups is 1. The first-order valence-electron chi connectivity index (χ1n) is 9.47. The van der Waals surface area contributed by atoms with Gasteiger partial charge in [0.1, 0.15) is 18.2 Å². The molecule has 2 unspecified atom stereocenters. The minimum Gasteiger partial charge on any atom is -0.481 e. The molecule has 2 aliphatic rings.